The van der Waals surface area contributed by atoms with Crippen molar-refractivity contribution >= 4 is 11.8 Å². The van der Waals surface area contributed by atoms with Gasteiger partial charge in [0.2, 0.25) is 0 Å². The van der Waals surface area contributed by atoms with Crippen LogP contribution in [0.5, 0.6) is 5.75 Å². The molecular formula is C17H24N2O3. The fraction of sp³-hybridized carbons (Fsp3) is 0.529. The number of hydrogen-bond acceptors (Lipinski definition) is 3. The van der Waals surface area contributed by atoms with E-state index >= 15 is 0 Å². The van der Waals surface area contributed by atoms with E-state index in [0.29, 0.717) is 32.0 Å². The SMILES string of the molecule is COc1ccc(CCNC(=O)C(=O)N2CCCC(C)C2)cc1. The number of amides is 2. The number of likely N-dealkylation sites (tertiary alicyclic amines) is 1. The number of piperidine rings is 1. The minimum absolute atomic E-state index is 0.402. The van der Waals surface area contributed by atoms with Gasteiger partial charge in [0.25, 0.3) is 0 Å². The third-order valence-corrected chi connectivity index (χ3v) is 4.00. The van der Waals surface area contributed by atoms with E-state index in [1.54, 1.807) is 12.0 Å². The zero-order chi connectivity index (χ0) is 15.9. The summed E-state index contributed by atoms with van der Waals surface area (Å²) in [5.41, 5.74) is 1.10. The summed E-state index contributed by atoms with van der Waals surface area (Å²) < 4.78 is 5.10. The van der Waals surface area contributed by atoms with Gasteiger partial charge in [-0.1, -0.05) is 19.1 Å². The Morgan fingerprint density at radius 2 is 2.05 bits per heavy atom. The second-order valence-corrected chi connectivity index (χ2v) is 5.85. The summed E-state index contributed by atoms with van der Waals surface area (Å²) in [6, 6.07) is 7.69. The third-order valence-electron chi connectivity index (χ3n) is 4.00. The molecule has 1 N–H and O–H groups in total. The van der Waals surface area contributed by atoms with Crippen molar-refractivity contribution in [3.8, 4) is 5.75 Å². The minimum atomic E-state index is -0.498. The average Bonchev–Trinajstić information content (AvgIpc) is 2.54. The zero-order valence-electron chi connectivity index (χ0n) is 13.3. The molecule has 0 bridgehead atoms. The van der Waals surface area contributed by atoms with Gasteiger partial charge in [0.1, 0.15) is 5.75 Å². The van der Waals surface area contributed by atoms with Crippen molar-refractivity contribution in [3.63, 3.8) is 0 Å². The monoisotopic (exact) mass is 304 g/mol. The average molecular weight is 304 g/mol. The van der Waals surface area contributed by atoms with Gasteiger partial charge in [-0.05, 0) is 42.9 Å². The number of nitrogens with one attached hydrogen (secondary N) is 1. The van der Waals surface area contributed by atoms with Gasteiger partial charge in [0.15, 0.2) is 0 Å². The fourth-order valence-corrected chi connectivity index (χ4v) is 2.71. The Morgan fingerprint density at radius 3 is 2.68 bits per heavy atom. The quantitative estimate of drug-likeness (QED) is 0.860. The van der Waals surface area contributed by atoms with Crippen LogP contribution in [0.3, 0.4) is 0 Å². The molecule has 5 nitrogen and oxygen atoms in total. The van der Waals surface area contributed by atoms with Crippen LogP contribution < -0.4 is 10.1 Å². The number of carbonyl (C=O) groups is 2. The number of ether oxygens (including phenoxy) is 1. The first-order valence-corrected chi connectivity index (χ1v) is 7.80. The summed E-state index contributed by atoms with van der Waals surface area (Å²) in [7, 11) is 1.63. The first kappa shape index (κ1) is 16.3. The van der Waals surface area contributed by atoms with Crippen molar-refractivity contribution in [3.05, 3.63) is 29.8 Å². The number of methoxy groups -OCH3 is 1. The number of hydrogen-bond donors (Lipinski definition) is 1. The van der Waals surface area contributed by atoms with E-state index in [-0.39, 0.29) is 0 Å². The van der Waals surface area contributed by atoms with Crippen LogP contribution in [-0.2, 0) is 16.0 Å². The first-order valence-electron chi connectivity index (χ1n) is 7.80. The summed E-state index contributed by atoms with van der Waals surface area (Å²) in [4.78, 5) is 25.6. The second kappa shape index (κ2) is 7.82. The van der Waals surface area contributed by atoms with Crippen molar-refractivity contribution in [1.82, 2.24) is 10.2 Å². The van der Waals surface area contributed by atoms with Crippen molar-refractivity contribution < 1.29 is 14.3 Å². The fourth-order valence-electron chi connectivity index (χ4n) is 2.71. The van der Waals surface area contributed by atoms with E-state index in [1.165, 1.54) is 0 Å². The van der Waals surface area contributed by atoms with Gasteiger partial charge in [0, 0.05) is 19.6 Å². The number of nitrogens with zero attached hydrogens (tertiary/aromatic N) is 1. The normalized spacial score (nSPS) is 17.9. The van der Waals surface area contributed by atoms with Crippen LogP contribution >= 0.6 is 0 Å². The topological polar surface area (TPSA) is 58.6 Å². The van der Waals surface area contributed by atoms with E-state index in [4.69, 9.17) is 4.74 Å². The lowest BCUT2D eigenvalue weighted by Gasteiger charge is -2.30. The number of carbonyl (C=O) groups excluding carboxylic acids is 2. The van der Waals surface area contributed by atoms with E-state index < -0.39 is 11.8 Å². The summed E-state index contributed by atoms with van der Waals surface area (Å²) in [5, 5.41) is 2.71. The van der Waals surface area contributed by atoms with Crippen LogP contribution in [0.25, 0.3) is 0 Å². The molecule has 5 heteroatoms. The van der Waals surface area contributed by atoms with Crippen molar-refractivity contribution in [2.75, 3.05) is 26.7 Å². The molecule has 1 fully saturated rings. The maximum atomic E-state index is 12.1. The molecule has 0 aliphatic carbocycles. The van der Waals surface area contributed by atoms with Crippen LogP contribution in [0, 0.1) is 5.92 Å². The molecule has 0 spiro atoms. The van der Waals surface area contributed by atoms with Gasteiger partial charge in [-0.3, -0.25) is 9.59 Å². The Labute approximate surface area is 131 Å². The van der Waals surface area contributed by atoms with Crippen molar-refractivity contribution in [2.24, 2.45) is 5.92 Å². The Bertz CT molecular complexity index is 513. The molecule has 1 aliphatic rings. The van der Waals surface area contributed by atoms with E-state index in [0.717, 1.165) is 24.2 Å². The number of benzene rings is 1. The molecule has 2 rings (SSSR count). The lowest BCUT2D eigenvalue weighted by Crippen LogP contribution is -2.47. The Morgan fingerprint density at radius 1 is 1.32 bits per heavy atom. The molecule has 0 aromatic heterocycles. The molecular weight excluding hydrogens is 280 g/mol. The first-order chi connectivity index (χ1) is 10.6. The maximum Gasteiger partial charge on any atom is 0.311 e. The van der Waals surface area contributed by atoms with Crippen molar-refractivity contribution in [1.29, 1.82) is 0 Å². The largest absolute Gasteiger partial charge is 0.497 e. The third kappa shape index (κ3) is 4.48. The van der Waals surface area contributed by atoms with Gasteiger partial charge in [-0.25, -0.2) is 0 Å². The van der Waals surface area contributed by atoms with Crippen LogP contribution in [0.15, 0.2) is 24.3 Å². The molecule has 1 aromatic carbocycles. The van der Waals surface area contributed by atoms with Gasteiger partial charge in [-0.2, -0.15) is 0 Å². The second-order valence-electron chi connectivity index (χ2n) is 5.85. The van der Waals surface area contributed by atoms with Gasteiger partial charge < -0.3 is 15.0 Å². The summed E-state index contributed by atoms with van der Waals surface area (Å²) in [6.07, 6.45) is 2.80. The Kier molecular flexibility index (Phi) is 5.81. The van der Waals surface area contributed by atoms with Crippen LogP contribution in [-0.4, -0.2) is 43.5 Å². The van der Waals surface area contributed by atoms with Gasteiger partial charge in [-0.15, -0.1) is 0 Å². The molecule has 1 aliphatic heterocycles. The summed E-state index contributed by atoms with van der Waals surface area (Å²) in [5.74, 6) is 0.385. The molecule has 1 heterocycles. The minimum Gasteiger partial charge on any atom is -0.497 e. The van der Waals surface area contributed by atoms with Crippen LogP contribution in [0.2, 0.25) is 0 Å². The Hall–Kier alpha value is -2.04. The molecule has 1 saturated heterocycles. The lowest BCUT2D eigenvalue weighted by molar-refractivity contribution is -0.146. The molecule has 1 atom stereocenters. The maximum absolute atomic E-state index is 12.1. The highest BCUT2D eigenvalue weighted by atomic mass is 16.5. The van der Waals surface area contributed by atoms with E-state index in [2.05, 4.69) is 12.2 Å². The van der Waals surface area contributed by atoms with Gasteiger partial charge >= 0.3 is 11.8 Å². The van der Waals surface area contributed by atoms with E-state index in [1.807, 2.05) is 24.3 Å². The molecule has 120 valence electrons. The molecule has 0 saturated carbocycles. The smallest absolute Gasteiger partial charge is 0.311 e. The molecule has 2 amide bonds. The predicted molar refractivity (Wildman–Crippen MR) is 84.7 cm³/mol. The summed E-state index contributed by atoms with van der Waals surface area (Å²) >= 11 is 0. The molecule has 22 heavy (non-hydrogen) atoms. The zero-order valence-corrected chi connectivity index (χ0v) is 13.3. The molecule has 1 unspecified atom stereocenters. The van der Waals surface area contributed by atoms with E-state index in [9.17, 15) is 9.59 Å². The Balaban J connectivity index is 1.75. The highest BCUT2D eigenvalue weighted by molar-refractivity contribution is 6.35. The lowest BCUT2D eigenvalue weighted by atomic mass is 10.0. The standard InChI is InChI=1S/C17H24N2O3/c1-13-4-3-11-19(12-13)17(21)16(20)18-10-9-14-5-7-15(22-2)8-6-14/h5-8,13H,3-4,9-12H2,1-2H3,(H,18,20). The number of rotatable bonds is 4. The van der Waals surface area contributed by atoms with Crippen LogP contribution in [0.1, 0.15) is 25.3 Å². The highest BCUT2D eigenvalue weighted by Crippen LogP contribution is 2.15. The van der Waals surface area contributed by atoms with Gasteiger partial charge in [0.05, 0.1) is 7.11 Å². The summed E-state index contributed by atoms with van der Waals surface area (Å²) in [6.45, 7) is 3.95. The van der Waals surface area contributed by atoms with Crippen LogP contribution in [0.4, 0.5) is 0 Å². The highest BCUT2D eigenvalue weighted by Gasteiger charge is 2.25. The molecule has 1 aromatic rings. The predicted octanol–water partition coefficient (Wildman–Crippen LogP) is 1.61. The van der Waals surface area contributed by atoms with Crippen molar-refractivity contribution in [2.45, 2.75) is 26.2 Å². The molecule has 0 radical (unpaired) electrons.